The Bertz CT molecular complexity index is 791. The van der Waals surface area contributed by atoms with Crippen molar-refractivity contribution in [2.24, 2.45) is 5.73 Å². The smallest absolute Gasteiger partial charge is 0.252 e. The molecule has 0 saturated carbocycles. The summed E-state index contributed by atoms with van der Waals surface area (Å²) in [6.45, 7) is 2.46. The number of anilines is 1. The first-order chi connectivity index (χ1) is 12.6. The molecule has 8 heteroatoms. The first-order valence-corrected chi connectivity index (χ1v) is 8.32. The average Bonchev–Trinajstić information content (AvgIpc) is 2.68. The molecule has 2 heterocycles. The third kappa shape index (κ3) is 3.70. The number of primary amides is 1. The van der Waals surface area contributed by atoms with Gasteiger partial charge in [0.05, 0.1) is 39.2 Å². The minimum absolute atomic E-state index is 0.400. The molecule has 1 aromatic heterocycles. The maximum atomic E-state index is 12.2. The van der Waals surface area contributed by atoms with Crippen LogP contribution in [0.4, 0.5) is 5.82 Å². The molecule has 1 aliphatic heterocycles. The van der Waals surface area contributed by atoms with E-state index in [9.17, 15) is 4.79 Å². The van der Waals surface area contributed by atoms with Gasteiger partial charge in [0.2, 0.25) is 0 Å². The quantitative estimate of drug-likeness (QED) is 0.823. The number of morpholine rings is 1. The lowest BCUT2D eigenvalue weighted by Crippen LogP contribution is -2.38. The minimum Gasteiger partial charge on any atom is -0.493 e. The summed E-state index contributed by atoms with van der Waals surface area (Å²) in [6.07, 6.45) is 2.06. The molecular formula is C18H22N4O4. The van der Waals surface area contributed by atoms with Crippen molar-refractivity contribution in [1.29, 1.82) is 0 Å². The van der Waals surface area contributed by atoms with Gasteiger partial charge in [0.1, 0.15) is 0 Å². The SMILES string of the molecule is COc1ccc(Cc2cnnc(N3CCOCC3)c2C(N)=O)cc1OC. The third-order valence-electron chi connectivity index (χ3n) is 4.31. The number of amides is 1. The van der Waals surface area contributed by atoms with Gasteiger partial charge in [0, 0.05) is 19.5 Å². The van der Waals surface area contributed by atoms with Gasteiger partial charge in [0.15, 0.2) is 17.3 Å². The van der Waals surface area contributed by atoms with Gasteiger partial charge in [-0.1, -0.05) is 6.07 Å². The van der Waals surface area contributed by atoms with E-state index in [0.29, 0.717) is 55.6 Å². The molecular weight excluding hydrogens is 336 g/mol. The highest BCUT2D eigenvalue weighted by Crippen LogP contribution is 2.30. The summed E-state index contributed by atoms with van der Waals surface area (Å²) < 4.78 is 16.0. The molecule has 1 aliphatic rings. The number of rotatable bonds is 6. The molecule has 0 spiro atoms. The Morgan fingerprint density at radius 3 is 2.62 bits per heavy atom. The van der Waals surface area contributed by atoms with Crippen LogP contribution in [0.5, 0.6) is 11.5 Å². The molecule has 26 heavy (non-hydrogen) atoms. The lowest BCUT2D eigenvalue weighted by molar-refractivity contribution is 0.0997. The Hall–Kier alpha value is -2.87. The Labute approximate surface area is 151 Å². The highest BCUT2D eigenvalue weighted by Gasteiger charge is 2.23. The van der Waals surface area contributed by atoms with Crippen molar-refractivity contribution in [3.05, 3.63) is 41.1 Å². The van der Waals surface area contributed by atoms with E-state index in [1.165, 1.54) is 0 Å². The van der Waals surface area contributed by atoms with E-state index in [2.05, 4.69) is 10.2 Å². The van der Waals surface area contributed by atoms with E-state index in [-0.39, 0.29) is 0 Å². The number of nitrogens with two attached hydrogens (primary N) is 1. The van der Waals surface area contributed by atoms with Gasteiger partial charge in [0.25, 0.3) is 5.91 Å². The molecule has 1 aromatic carbocycles. The van der Waals surface area contributed by atoms with Gasteiger partial charge in [-0.2, -0.15) is 5.10 Å². The molecule has 0 bridgehead atoms. The number of carbonyl (C=O) groups excluding carboxylic acids is 1. The van der Waals surface area contributed by atoms with Crippen LogP contribution in [-0.4, -0.2) is 56.6 Å². The summed E-state index contributed by atoms with van der Waals surface area (Å²) in [5.41, 5.74) is 7.74. The number of nitrogens with zero attached hydrogens (tertiary/aromatic N) is 3. The zero-order valence-electron chi connectivity index (χ0n) is 14.9. The maximum absolute atomic E-state index is 12.2. The molecule has 2 aromatic rings. The normalized spacial score (nSPS) is 14.2. The van der Waals surface area contributed by atoms with E-state index in [4.69, 9.17) is 19.9 Å². The molecule has 138 valence electrons. The predicted octanol–water partition coefficient (Wildman–Crippen LogP) is 1.02. The van der Waals surface area contributed by atoms with Crippen LogP contribution in [0.1, 0.15) is 21.5 Å². The van der Waals surface area contributed by atoms with Gasteiger partial charge >= 0.3 is 0 Å². The Balaban J connectivity index is 1.96. The van der Waals surface area contributed by atoms with Gasteiger partial charge in [-0.05, 0) is 23.3 Å². The lowest BCUT2D eigenvalue weighted by atomic mass is 10.0. The number of aromatic nitrogens is 2. The maximum Gasteiger partial charge on any atom is 0.252 e. The minimum atomic E-state index is -0.517. The summed E-state index contributed by atoms with van der Waals surface area (Å²) in [5.74, 6) is 1.27. The molecule has 1 saturated heterocycles. The second kappa shape index (κ2) is 8.01. The molecule has 0 radical (unpaired) electrons. The van der Waals surface area contributed by atoms with E-state index in [1.54, 1.807) is 20.4 Å². The molecule has 0 unspecified atom stereocenters. The topological polar surface area (TPSA) is 99.8 Å². The van der Waals surface area contributed by atoms with E-state index in [0.717, 1.165) is 11.1 Å². The highest BCUT2D eigenvalue weighted by molar-refractivity contribution is 5.99. The summed E-state index contributed by atoms with van der Waals surface area (Å²) >= 11 is 0. The predicted molar refractivity (Wildman–Crippen MR) is 95.9 cm³/mol. The van der Waals surface area contributed by atoms with E-state index >= 15 is 0 Å². The number of methoxy groups -OCH3 is 2. The van der Waals surface area contributed by atoms with Crippen LogP contribution in [-0.2, 0) is 11.2 Å². The zero-order chi connectivity index (χ0) is 18.5. The summed E-state index contributed by atoms with van der Waals surface area (Å²) in [7, 11) is 3.17. The molecule has 2 N–H and O–H groups in total. The molecule has 8 nitrogen and oxygen atoms in total. The van der Waals surface area contributed by atoms with E-state index in [1.807, 2.05) is 23.1 Å². The van der Waals surface area contributed by atoms with Gasteiger partial charge in [-0.15, -0.1) is 5.10 Å². The van der Waals surface area contributed by atoms with Crippen molar-refractivity contribution >= 4 is 11.7 Å². The zero-order valence-corrected chi connectivity index (χ0v) is 14.9. The fourth-order valence-electron chi connectivity index (χ4n) is 3.02. The van der Waals surface area contributed by atoms with Crippen LogP contribution in [0.2, 0.25) is 0 Å². The number of hydrogen-bond acceptors (Lipinski definition) is 7. The van der Waals surface area contributed by atoms with Crippen molar-refractivity contribution in [3.8, 4) is 11.5 Å². The molecule has 1 fully saturated rings. The van der Waals surface area contributed by atoms with Gasteiger partial charge in [-0.25, -0.2) is 0 Å². The van der Waals surface area contributed by atoms with Crippen molar-refractivity contribution in [1.82, 2.24) is 10.2 Å². The standard InChI is InChI=1S/C18H22N4O4/c1-24-14-4-3-12(10-15(14)25-2)9-13-11-20-21-18(16(13)17(19)23)22-5-7-26-8-6-22/h3-4,10-11H,5-9H2,1-2H3,(H2,19,23). The van der Waals surface area contributed by atoms with Crippen molar-refractivity contribution < 1.29 is 19.0 Å². The number of hydrogen-bond donors (Lipinski definition) is 1. The Morgan fingerprint density at radius 1 is 1.23 bits per heavy atom. The van der Waals surface area contributed by atoms with Crippen LogP contribution in [0.3, 0.4) is 0 Å². The second-order valence-corrected chi connectivity index (χ2v) is 5.90. The monoisotopic (exact) mass is 358 g/mol. The molecule has 1 amide bonds. The summed E-state index contributed by atoms with van der Waals surface area (Å²) in [6, 6.07) is 5.62. The molecule has 0 aliphatic carbocycles. The van der Waals surface area contributed by atoms with Crippen molar-refractivity contribution in [3.63, 3.8) is 0 Å². The van der Waals surface area contributed by atoms with Crippen LogP contribution in [0.15, 0.2) is 24.4 Å². The Morgan fingerprint density at radius 2 is 1.96 bits per heavy atom. The number of benzene rings is 1. The van der Waals surface area contributed by atoms with Crippen LogP contribution in [0.25, 0.3) is 0 Å². The van der Waals surface area contributed by atoms with Crippen LogP contribution < -0.4 is 20.1 Å². The summed E-state index contributed by atoms with van der Waals surface area (Å²) in [4.78, 5) is 14.1. The molecule has 0 atom stereocenters. The highest BCUT2D eigenvalue weighted by atomic mass is 16.5. The number of carbonyl (C=O) groups is 1. The average molecular weight is 358 g/mol. The van der Waals surface area contributed by atoms with E-state index < -0.39 is 5.91 Å². The van der Waals surface area contributed by atoms with Crippen molar-refractivity contribution in [2.45, 2.75) is 6.42 Å². The summed E-state index contributed by atoms with van der Waals surface area (Å²) in [5, 5.41) is 8.24. The fraction of sp³-hybridized carbons (Fsp3) is 0.389. The van der Waals surface area contributed by atoms with Gasteiger partial charge < -0.3 is 24.8 Å². The van der Waals surface area contributed by atoms with Gasteiger partial charge in [-0.3, -0.25) is 4.79 Å². The molecule has 3 rings (SSSR count). The second-order valence-electron chi connectivity index (χ2n) is 5.90. The first kappa shape index (κ1) is 17.9. The largest absolute Gasteiger partial charge is 0.493 e. The van der Waals surface area contributed by atoms with Crippen LogP contribution in [0, 0.1) is 0 Å². The van der Waals surface area contributed by atoms with Crippen molar-refractivity contribution in [2.75, 3.05) is 45.4 Å². The fourth-order valence-corrected chi connectivity index (χ4v) is 3.02. The lowest BCUT2D eigenvalue weighted by Gasteiger charge is -2.29. The van der Waals surface area contributed by atoms with Crippen LogP contribution >= 0.6 is 0 Å². The third-order valence-corrected chi connectivity index (χ3v) is 4.31. The Kier molecular flexibility index (Phi) is 5.52. The first-order valence-electron chi connectivity index (χ1n) is 8.32. The number of ether oxygens (including phenoxy) is 3.